The smallest absolute Gasteiger partial charge is 0.325 e. The van der Waals surface area contributed by atoms with E-state index in [0.717, 1.165) is 5.69 Å². The molecule has 0 bridgehead atoms. The van der Waals surface area contributed by atoms with E-state index in [4.69, 9.17) is 10.00 Å². The van der Waals surface area contributed by atoms with Crippen molar-refractivity contribution in [2.75, 3.05) is 24.6 Å². The molecule has 0 spiro atoms. The van der Waals surface area contributed by atoms with Crippen molar-refractivity contribution in [2.24, 2.45) is 0 Å². The zero-order chi connectivity index (χ0) is 12.7. The molecule has 5 nitrogen and oxygen atoms in total. The number of anilines is 1. The van der Waals surface area contributed by atoms with E-state index in [-0.39, 0.29) is 12.5 Å². The van der Waals surface area contributed by atoms with Gasteiger partial charge in [0.25, 0.3) is 0 Å². The summed E-state index contributed by atoms with van der Waals surface area (Å²) in [5, 5.41) is 8.64. The number of rotatable bonds is 5. The maximum atomic E-state index is 11.4. The van der Waals surface area contributed by atoms with E-state index < -0.39 is 0 Å². The van der Waals surface area contributed by atoms with Crippen molar-refractivity contribution in [3.63, 3.8) is 0 Å². The Morgan fingerprint density at radius 1 is 1.53 bits per heavy atom. The van der Waals surface area contributed by atoms with Gasteiger partial charge in [0, 0.05) is 6.54 Å². The molecule has 1 aromatic heterocycles. The number of esters is 1. The molecule has 17 heavy (non-hydrogen) atoms. The lowest BCUT2D eigenvalue weighted by molar-refractivity contribution is -0.141. The molecule has 5 heteroatoms. The third-order valence-electron chi connectivity index (χ3n) is 2.23. The van der Waals surface area contributed by atoms with Crippen LogP contribution < -0.4 is 4.90 Å². The van der Waals surface area contributed by atoms with Crippen molar-refractivity contribution in [1.82, 2.24) is 4.98 Å². The molecule has 0 amide bonds. The molecule has 0 aliphatic carbocycles. The van der Waals surface area contributed by atoms with Crippen molar-refractivity contribution in [3.05, 3.63) is 24.0 Å². The molecule has 90 valence electrons. The summed E-state index contributed by atoms with van der Waals surface area (Å²) >= 11 is 0. The van der Waals surface area contributed by atoms with Crippen molar-refractivity contribution in [1.29, 1.82) is 5.26 Å². The highest BCUT2D eigenvalue weighted by molar-refractivity contribution is 5.75. The first-order valence-electron chi connectivity index (χ1n) is 5.48. The third-order valence-corrected chi connectivity index (χ3v) is 2.23. The van der Waals surface area contributed by atoms with Crippen LogP contribution in [0.1, 0.15) is 19.5 Å². The zero-order valence-electron chi connectivity index (χ0n) is 10.0. The van der Waals surface area contributed by atoms with Crippen molar-refractivity contribution >= 4 is 11.7 Å². The van der Waals surface area contributed by atoms with Gasteiger partial charge in [0.1, 0.15) is 18.3 Å². The summed E-state index contributed by atoms with van der Waals surface area (Å²) in [5.41, 5.74) is 1.17. The largest absolute Gasteiger partial charge is 0.465 e. The van der Waals surface area contributed by atoms with Gasteiger partial charge in [-0.1, -0.05) is 0 Å². The first-order valence-corrected chi connectivity index (χ1v) is 5.48. The minimum Gasteiger partial charge on any atom is -0.465 e. The van der Waals surface area contributed by atoms with Gasteiger partial charge in [-0.2, -0.15) is 5.26 Å². The molecule has 0 fully saturated rings. The Kier molecular flexibility index (Phi) is 4.95. The molecule has 0 radical (unpaired) electrons. The number of ether oxygens (including phenoxy) is 1. The molecule has 0 saturated heterocycles. The Labute approximate surface area is 101 Å². The van der Waals surface area contributed by atoms with Crippen molar-refractivity contribution in [3.8, 4) is 6.07 Å². The molecule has 0 atom stereocenters. The van der Waals surface area contributed by atoms with Crippen LogP contribution >= 0.6 is 0 Å². The number of nitrogens with zero attached hydrogens (tertiary/aromatic N) is 3. The minimum absolute atomic E-state index is 0.192. The fraction of sp³-hybridized carbons (Fsp3) is 0.417. The summed E-state index contributed by atoms with van der Waals surface area (Å²) in [6.07, 6.45) is 1.58. The standard InChI is InChI=1S/C12H15N3O2/c1-3-15(9-12(16)17-4-2)11-6-5-10(7-13)14-8-11/h5-6,8H,3-4,9H2,1-2H3. The number of nitriles is 1. The molecular weight excluding hydrogens is 218 g/mol. The molecule has 1 heterocycles. The van der Waals surface area contributed by atoms with Gasteiger partial charge >= 0.3 is 5.97 Å². The molecule has 0 aliphatic rings. The average Bonchev–Trinajstić information content (AvgIpc) is 2.36. The lowest BCUT2D eigenvalue weighted by Crippen LogP contribution is -2.30. The number of carbonyl (C=O) groups is 1. The fourth-order valence-corrected chi connectivity index (χ4v) is 1.39. The Balaban J connectivity index is 2.72. The predicted octanol–water partition coefficient (Wildman–Crippen LogP) is 1.34. The van der Waals surface area contributed by atoms with Gasteiger partial charge in [-0.3, -0.25) is 4.79 Å². The molecule has 0 aromatic carbocycles. The van der Waals surface area contributed by atoms with E-state index in [1.54, 1.807) is 25.3 Å². The molecule has 1 aromatic rings. The normalized spacial score (nSPS) is 9.47. The highest BCUT2D eigenvalue weighted by Crippen LogP contribution is 2.12. The maximum absolute atomic E-state index is 11.4. The van der Waals surface area contributed by atoms with Crippen LogP contribution in [-0.4, -0.2) is 30.6 Å². The number of hydrogen-bond acceptors (Lipinski definition) is 5. The summed E-state index contributed by atoms with van der Waals surface area (Å²) in [5.74, 6) is -0.265. The van der Waals surface area contributed by atoms with E-state index >= 15 is 0 Å². The summed E-state index contributed by atoms with van der Waals surface area (Å²) in [6.45, 7) is 4.96. The molecule has 1 rings (SSSR count). The maximum Gasteiger partial charge on any atom is 0.325 e. The van der Waals surface area contributed by atoms with Crippen LogP contribution in [0.5, 0.6) is 0 Å². The number of likely N-dealkylation sites (N-methyl/N-ethyl adjacent to an activating group) is 1. The Hall–Kier alpha value is -2.09. The topological polar surface area (TPSA) is 66.2 Å². The van der Waals surface area contributed by atoms with E-state index in [0.29, 0.717) is 18.8 Å². The van der Waals surface area contributed by atoms with Gasteiger partial charge < -0.3 is 9.64 Å². The molecule has 0 aliphatic heterocycles. The number of carbonyl (C=O) groups excluding carboxylic acids is 1. The van der Waals surface area contributed by atoms with Crippen LogP contribution in [0.3, 0.4) is 0 Å². The van der Waals surface area contributed by atoms with E-state index in [2.05, 4.69) is 4.98 Å². The van der Waals surface area contributed by atoms with Crippen molar-refractivity contribution in [2.45, 2.75) is 13.8 Å². The number of aromatic nitrogens is 1. The monoisotopic (exact) mass is 233 g/mol. The van der Waals surface area contributed by atoms with Crippen LogP contribution in [0, 0.1) is 11.3 Å². The number of hydrogen-bond donors (Lipinski definition) is 0. The second kappa shape index (κ2) is 6.48. The zero-order valence-corrected chi connectivity index (χ0v) is 10.0. The fourth-order valence-electron chi connectivity index (χ4n) is 1.39. The molecule has 0 saturated carbocycles. The molecule has 0 N–H and O–H groups in total. The van der Waals surface area contributed by atoms with Crippen LogP contribution in [0.25, 0.3) is 0 Å². The minimum atomic E-state index is -0.265. The Bertz CT molecular complexity index is 409. The quantitative estimate of drug-likeness (QED) is 0.718. The van der Waals surface area contributed by atoms with Gasteiger partial charge in [-0.25, -0.2) is 4.98 Å². The third kappa shape index (κ3) is 3.76. The first kappa shape index (κ1) is 13.0. The van der Waals surface area contributed by atoms with Gasteiger partial charge in [0.15, 0.2) is 0 Å². The van der Waals surface area contributed by atoms with Gasteiger partial charge in [0.05, 0.1) is 18.5 Å². The summed E-state index contributed by atoms with van der Waals surface area (Å²) in [7, 11) is 0. The lowest BCUT2D eigenvalue weighted by atomic mass is 10.3. The SMILES string of the molecule is CCOC(=O)CN(CC)c1ccc(C#N)nc1. The lowest BCUT2D eigenvalue weighted by Gasteiger charge is -2.21. The van der Waals surface area contributed by atoms with E-state index in [9.17, 15) is 4.79 Å². The summed E-state index contributed by atoms with van der Waals surface area (Å²) in [6, 6.07) is 5.35. The van der Waals surface area contributed by atoms with Crippen LogP contribution in [0.4, 0.5) is 5.69 Å². The average molecular weight is 233 g/mol. The highest BCUT2D eigenvalue weighted by Gasteiger charge is 2.10. The second-order valence-corrected chi connectivity index (χ2v) is 3.33. The second-order valence-electron chi connectivity index (χ2n) is 3.33. The van der Waals surface area contributed by atoms with Crippen LogP contribution in [0.2, 0.25) is 0 Å². The highest BCUT2D eigenvalue weighted by atomic mass is 16.5. The van der Waals surface area contributed by atoms with Gasteiger partial charge in [-0.05, 0) is 26.0 Å². The summed E-state index contributed by atoms with van der Waals surface area (Å²) < 4.78 is 4.89. The predicted molar refractivity (Wildman–Crippen MR) is 63.5 cm³/mol. The van der Waals surface area contributed by atoms with E-state index in [1.807, 2.05) is 17.9 Å². The summed E-state index contributed by atoms with van der Waals surface area (Å²) in [4.78, 5) is 17.2. The van der Waals surface area contributed by atoms with Gasteiger partial charge in [0.2, 0.25) is 0 Å². The molecular formula is C12H15N3O2. The first-order chi connectivity index (χ1) is 8.21. The Morgan fingerprint density at radius 3 is 2.76 bits per heavy atom. The van der Waals surface area contributed by atoms with Crippen LogP contribution in [0.15, 0.2) is 18.3 Å². The van der Waals surface area contributed by atoms with E-state index in [1.165, 1.54) is 0 Å². The Morgan fingerprint density at radius 2 is 2.29 bits per heavy atom. The number of pyridine rings is 1. The van der Waals surface area contributed by atoms with Crippen LogP contribution in [-0.2, 0) is 9.53 Å². The van der Waals surface area contributed by atoms with Crippen molar-refractivity contribution < 1.29 is 9.53 Å². The van der Waals surface area contributed by atoms with Gasteiger partial charge in [-0.15, -0.1) is 0 Å². The molecule has 0 unspecified atom stereocenters.